The minimum atomic E-state index is 1.50. The Kier molecular flexibility index (Phi) is 13.8. The summed E-state index contributed by atoms with van der Waals surface area (Å²) in [6.45, 7) is 0. The van der Waals surface area contributed by atoms with Gasteiger partial charge in [0, 0.05) is 0 Å². The maximum absolute atomic E-state index is 6.62. The van der Waals surface area contributed by atoms with Crippen molar-refractivity contribution in [2.75, 3.05) is 0 Å². The predicted molar refractivity (Wildman–Crippen MR) is 61.7 cm³/mol. The molecule has 3 nitrogen and oxygen atoms in total. The fourth-order valence-electron chi connectivity index (χ4n) is 2.12. The summed E-state index contributed by atoms with van der Waals surface area (Å²) in [7, 11) is 0. The summed E-state index contributed by atoms with van der Waals surface area (Å²) in [6, 6.07) is 0. The van der Waals surface area contributed by atoms with Gasteiger partial charge in [0.1, 0.15) is 0 Å². The van der Waals surface area contributed by atoms with Gasteiger partial charge in [-0.3, -0.25) is 0 Å². The monoisotopic (exact) mass is 218 g/mol. The summed E-state index contributed by atoms with van der Waals surface area (Å²) < 4.78 is 0. The fraction of sp³-hybridized carbons (Fsp3) is 1.00. The average Bonchev–Trinajstić information content (AvgIpc) is 2.19. The third-order valence-electron chi connectivity index (χ3n) is 3.00. The van der Waals surface area contributed by atoms with Gasteiger partial charge in [-0.15, -0.1) is 0 Å². The average molecular weight is 218 g/mol. The van der Waals surface area contributed by atoms with E-state index < -0.39 is 0 Å². The van der Waals surface area contributed by atoms with Gasteiger partial charge in [0.15, 0.2) is 0 Å². The van der Waals surface area contributed by atoms with Gasteiger partial charge in [-0.1, -0.05) is 82.1 Å². The summed E-state index contributed by atoms with van der Waals surface area (Å²) in [5.74, 6) is 0. The first-order chi connectivity index (χ1) is 7.41. The van der Waals surface area contributed by atoms with E-state index in [4.69, 9.17) is 10.5 Å². The molecule has 15 heavy (non-hydrogen) atoms. The van der Waals surface area contributed by atoms with Crippen molar-refractivity contribution in [3.05, 3.63) is 0 Å². The van der Waals surface area contributed by atoms with Crippen molar-refractivity contribution in [3.63, 3.8) is 0 Å². The van der Waals surface area contributed by atoms with Crippen LogP contribution in [0.15, 0.2) is 0 Å². The number of rotatable bonds is 0. The van der Waals surface area contributed by atoms with E-state index in [1.165, 1.54) is 77.0 Å². The lowest BCUT2D eigenvalue weighted by atomic mass is 10.0. The molecule has 1 aliphatic carbocycles. The van der Waals surface area contributed by atoms with Gasteiger partial charge in [-0.25, -0.2) is 10.5 Å². The summed E-state index contributed by atoms with van der Waals surface area (Å²) in [6.07, 6.45) is 18.0. The van der Waals surface area contributed by atoms with E-state index in [0.29, 0.717) is 0 Å². The first-order valence-electron chi connectivity index (χ1n) is 6.37. The molecule has 0 bridgehead atoms. The summed E-state index contributed by atoms with van der Waals surface area (Å²) in [4.78, 5) is 0. The zero-order valence-corrected chi connectivity index (χ0v) is 9.79. The zero-order valence-electron chi connectivity index (χ0n) is 9.79. The quantitative estimate of drug-likeness (QED) is 0.460. The highest BCUT2D eigenvalue weighted by molar-refractivity contribution is 4.51. The van der Waals surface area contributed by atoms with Crippen LogP contribution in [0.4, 0.5) is 0 Å². The standard InChI is InChI=1S/C12H24.H2O3/c1-2-4-6-8-10-12-11-9-7-5-3-1;1-3-2/h1-12H2;1-2H. The molecule has 0 unspecified atom stereocenters. The Labute approximate surface area is 93.3 Å². The van der Waals surface area contributed by atoms with Gasteiger partial charge in [0.05, 0.1) is 0 Å². The number of hydrogen-bond acceptors (Lipinski definition) is 3. The van der Waals surface area contributed by atoms with Crippen molar-refractivity contribution in [1.29, 1.82) is 0 Å². The van der Waals surface area contributed by atoms with Crippen LogP contribution in [0.25, 0.3) is 0 Å². The molecule has 0 spiro atoms. The second-order valence-electron chi connectivity index (χ2n) is 4.32. The molecule has 92 valence electrons. The van der Waals surface area contributed by atoms with Gasteiger partial charge >= 0.3 is 0 Å². The van der Waals surface area contributed by atoms with E-state index in [-0.39, 0.29) is 0 Å². The minimum absolute atomic E-state index is 1.50. The lowest BCUT2D eigenvalue weighted by Crippen LogP contribution is -1.85. The molecule has 0 heterocycles. The Morgan fingerprint density at radius 1 is 0.400 bits per heavy atom. The minimum Gasteiger partial charge on any atom is -0.221 e. The van der Waals surface area contributed by atoms with Gasteiger partial charge in [0.25, 0.3) is 0 Å². The molecule has 0 saturated heterocycles. The van der Waals surface area contributed by atoms with Gasteiger partial charge in [-0.2, -0.15) is 0 Å². The molecule has 1 fully saturated rings. The highest BCUT2D eigenvalue weighted by Gasteiger charge is 1.96. The summed E-state index contributed by atoms with van der Waals surface area (Å²) in [5, 5.41) is 15.5. The molecule has 0 aromatic rings. The van der Waals surface area contributed by atoms with E-state index in [1.807, 2.05) is 0 Å². The smallest absolute Gasteiger partial charge is 0.0533 e. The largest absolute Gasteiger partial charge is 0.221 e. The normalized spacial score (nSPS) is 20.4. The zero-order chi connectivity index (χ0) is 11.2. The summed E-state index contributed by atoms with van der Waals surface area (Å²) in [5.41, 5.74) is 0. The van der Waals surface area contributed by atoms with Crippen LogP contribution in [0, 0.1) is 0 Å². The van der Waals surface area contributed by atoms with Gasteiger partial charge in [0.2, 0.25) is 0 Å². The van der Waals surface area contributed by atoms with Crippen molar-refractivity contribution >= 4 is 0 Å². The Morgan fingerprint density at radius 2 is 0.467 bits per heavy atom. The number of hydrogen-bond donors (Lipinski definition) is 2. The van der Waals surface area contributed by atoms with Crippen molar-refractivity contribution in [1.82, 2.24) is 0 Å². The van der Waals surface area contributed by atoms with Crippen molar-refractivity contribution in [3.8, 4) is 0 Å². The maximum atomic E-state index is 6.62. The van der Waals surface area contributed by atoms with Crippen LogP contribution in [0.2, 0.25) is 0 Å². The van der Waals surface area contributed by atoms with Crippen LogP contribution in [-0.4, -0.2) is 10.5 Å². The third kappa shape index (κ3) is 13.9. The second kappa shape index (κ2) is 13.9. The van der Waals surface area contributed by atoms with E-state index in [2.05, 4.69) is 5.04 Å². The van der Waals surface area contributed by atoms with E-state index in [9.17, 15) is 0 Å². The molecular weight excluding hydrogens is 192 g/mol. The molecule has 0 aromatic carbocycles. The molecule has 1 aliphatic rings. The highest BCUT2D eigenvalue weighted by atomic mass is 17.4. The second-order valence-corrected chi connectivity index (χ2v) is 4.32. The van der Waals surface area contributed by atoms with E-state index in [1.54, 1.807) is 0 Å². The fourth-order valence-corrected chi connectivity index (χ4v) is 2.12. The van der Waals surface area contributed by atoms with Crippen molar-refractivity contribution in [2.45, 2.75) is 77.0 Å². The molecular formula is C12H26O3. The van der Waals surface area contributed by atoms with Crippen molar-refractivity contribution < 1.29 is 15.6 Å². The molecule has 0 radical (unpaired) electrons. The van der Waals surface area contributed by atoms with Crippen LogP contribution < -0.4 is 0 Å². The Balaban J connectivity index is 0.000000583. The molecule has 1 saturated carbocycles. The SMILES string of the molecule is C1CCCCCCCCCCC1.OOO. The van der Waals surface area contributed by atoms with Crippen LogP contribution in [-0.2, 0) is 5.04 Å². The lowest BCUT2D eigenvalue weighted by molar-refractivity contribution is -0.465. The molecule has 0 aromatic heterocycles. The summed E-state index contributed by atoms with van der Waals surface area (Å²) >= 11 is 0. The molecule has 0 aliphatic heterocycles. The van der Waals surface area contributed by atoms with E-state index in [0.717, 1.165) is 0 Å². The predicted octanol–water partition coefficient (Wildman–Crippen LogP) is 4.63. The van der Waals surface area contributed by atoms with Crippen LogP contribution >= 0.6 is 0 Å². The third-order valence-corrected chi connectivity index (χ3v) is 3.00. The topological polar surface area (TPSA) is 49.7 Å². The Morgan fingerprint density at radius 3 is 0.533 bits per heavy atom. The van der Waals surface area contributed by atoms with Crippen LogP contribution in [0.1, 0.15) is 77.0 Å². The Hall–Kier alpha value is -0.120. The first kappa shape index (κ1) is 14.9. The maximum Gasteiger partial charge on any atom is -0.0533 e. The molecule has 0 atom stereocenters. The van der Waals surface area contributed by atoms with Crippen LogP contribution in [0.3, 0.4) is 0 Å². The van der Waals surface area contributed by atoms with E-state index >= 15 is 0 Å². The van der Waals surface area contributed by atoms with Crippen LogP contribution in [0.5, 0.6) is 0 Å². The first-order valence-corrected chi connectivity index (χ1v) is 6.37. The highest BCUT2D eigenvalue weighted by Crippen LogP contribution is 2.15. The Bertz CT molecular complexity index is 64.0. The van der Waals surface area contributed by atoms with Crippen molar-refractivity contribution in [2.24, 2.45) is 0 Å². The van der Waals surface area contributed by atoms with Gasteiger partial charge < -0.3 is 0 Å². The molecule has 1 rings (SSSR count). The molecule has 3 heteroatoms. The van der Waals surface area contributed by atoms with Gasteiger partial charge in [-0.05, 0) is 0 Å². The molecule has 2 N–H and O–H groups in total. The lowest BCUT2D eigenvalue weighted by Gasteiger charge is -2.05. The molecule has 0 amide bonds.